The molecule has 2 aromatic rings. The van der Waals surface area contributed by atoms with Crippen LogP contribution < -0.4 is 15.4 Å². The number of ether oxygens (including phenoxy) is 1. The van der Waals surface area contributed by atoms with Crippen molar-refractivity contribution in [2.75, 3.05) is 19.7 Å². The summed E-state index contributed by atoms with van der Waals surface area (Å²) in [5.74, 6) is 1.92. The van der Waals surface area contributed by atoms with Crippen molar-refractivity contribution in [3.63, 3.8) is 0 Å². The van der Waals surface area contributed by atoms with E-state index in [-0.39, 0.29) is 24.8 Å². The molecular formula is C19H27N5O5. The third kappa shape index (κ3) is 7.41. The van der Waals surface area contributed by atoms with Crippen molar-refractivity contribution in [2.45, 2.75) is 39.3 Å². The summed E-state index contributed by atoms with van der Waals surface area (Å²) in [6.45, 7) is 7.25. The van der Waals surface area contributed by atoms with Gasteiger partial charge in [0, 0.05) is 31.3 Å². The molecular weight excluding hydrogens is 378 g/mol. The second-order valence-electron chi connectivity index (χ2n) is 6.66. The van der Waals surface area contributed by atoms with Crippen molar-refractivity contribution in [2.24, 2.45) is 4.99 Å². The monoisotopic (exact) mass is 405 g/mol. The standard InChI is InChI=1S/C19H27N5O5/c1-4-20-19(22-11-17-9-18(13(2)3)23-29-17)21-10-15(25)12-28-16-7-5-14(6-8-16)24(26)27/h5-9,13,15,25H,4,10-12H2,1-3H3,(H2,20,21,22). The summed E-state index contributed by atoms with van der Waals surface area (Å²) in [4.78, 5) is 14.6. The van der Waals surface area contributed by atoms with Gasteiger partial charge in [-0.3, -0.25) is 10.1 Å². The van der Waals surface area contributed by atoms with Gasteiger partial charge < -0.3 is 25.0 Å². The lowest BCUT2D eigenvalue weighted by molar-refractivity contribution is -0.384. The molecule has 10 nitrogen and oxygen atoms in total. The maximum absolute atomic E-state index is 10.6. The predicted molar refractivity (Wildman–Crippen MR) is 108 cm³/mol. The first-order chi connectivity index (χ1) is 13.9. The van der Waals surface area contributed by atoms with Gasteiger partial charge in [0.1, 0.15) is 25.0 Å². The van der Waals surface area contributed by atoms with Gasteiger partial charge >= 0.3 is 0 Å². The quantitative estimate of drug-likeness (QED) is 0.237. The number of guanidine groups is 1. The van der Waals surface area contributed by atoms with Crippen LogP contribution in [0, 0.1) is 10.1 Å². The van der Waals surface area contributed by atoms with Crippen LogP contribution in [0.5, 0.6) is 5.75 Å². The second kappa shape index (κ2) is 11.0. The molecule has 2 rings (SSSR count). The first kappa shape index (κ1) is 22.2. The third-order valence-corrected chi connectivity index (χ3v) is 3.90. The Bertz CT molecular complexity index is 804. The van der Waals surface area contributed by atoms with Gasteiger partial charge in [0.2, 0.25) is 0 Å². The van der Waals surface area contributed by atoms with Crippen LogP contribution in [0.4, 0.5) is 5.69 Å². The minimum atomic E-state index is -0.799. The summed E-state index contributed by atoms with van der Waals surface area (Å²) >= 11 is 0. The van der Waals surface area contributed by atoms with E-state index in [9.17, 15) is 15.2 Å². The molecule has 0 spiro atoms. The average Bonchev–Trinajstić information content (AvgIpc) is 3.18. The zero-order valence-electron chi connectivity index (χ0n) is 16.8. The van der Waals surface area contributed by atoms with Crippen LogP contribution in [-0.4, -0.2) is 46.9 Å². The Morgan fingerprint density at radius 1 is 1.34 bits per heavy atom. The van der Waals surface area contributed by atoms with E-state index in [0.29, 0.717) is 30.6 Å². The summed E-state index contributed by atoms with van der Waals surface area (Å²) in [5, 5.41) is 30.9. The highest BCUT2D eigenvalue weighted by atomic mass is 16.6. The molecule has 0 saturated carbocycles. The van der Waals surface area contributed by atoms with Crippen LogP contribution in [0.3, 0.4) is 0 Å². The Hall–Kier alpha value is -3.14. The van der Waals surface area contributed by atoms with E-state index >= 15 is 0 Å². The Kier molecular flexibility index (Phi) is 8.41. The molecule has 0 fully saturated rings. The summed E-state index contributed by atoms with van der Waals surface area (Å²) < 4.78 is 10.7. The number of non-ortho nitro benzene ring substituents is 1. The van der Waals surface area contributed by atoms with E-state index in [1.807, 2.05) is 26.8 Å². The average molecular weight is 405 g/mol. The molecule has 3 N–H and O–H groups in total. The van der Waals surface area contributed by atoms with Crippen molar-refractivity contribution in [3.05, 3.63) is 51.9 Å². The molecule has 0 saturated heterocycles. The van der Waals surface area contributed by atoms with Gasteiger partial charge in [0.25, 0.3) is 5.69 Å². The Labute approximate surface area is 169 Å². The number of benzene rings is 1. The zero-order valence-corrected chi connectivity index (χ0v) is 16.8. The molecule has 0 amide bonds. The fourth-order valence-electron chi connectivity index (χ4n) is 2.30. The van der Waals surface area contributed by atoms with Gasteiger partial charge in [-0.15, -0.1) is 0 Å². The maximum Gasteiger partial charge on any atom is 0.269 e. The third-order valence-electron chi connectivity index (χ3n) is 3.90. The van der Waals surface area contributed by atoms with Crippen LogP contribution in [0.15, 0.2) is 39.8 Å². The largest absolute Gasteiger partial charge is 0.491 e. The maximum atomic E-state index is 10.6. The van der Waals surface area contributed by atoms with E-state index in [2.05, 4.69) is 20.8 Å². The number of nitro benzene ring substituents is 1. The lowest BCUT2D eigenvalue weighted by Crippen LogP contribution is -2.42. The first-order valence-corrected chi connectivity index (χ1v) is 9.42. The highest BCUT2D eigenvalue weighted by Crippen LogP contribution is 2.17. The van der Waals surface area contributed by atoms with Gasteiger partial charge in [0.15, 0.2) is 11.7 Å². The van der Waals surface area contributed by atoms with E-state index in [0.717, 1.165) is 5.69 Å². The molecule has 1 unspecified atom stereocenters. The molecule has 158 valence electrons. The number of nitrogens with zero attached hydrogens (tertiary/aromatic N) is 3. The minimum Gasteiger partial charge on any atom is -0.491 e. The molecule has 0 radical (unpaired) electrons. The number of aromatic nitrogens is 1. The number of nitro groups is 1. The van der Waals surface area contributed by atoms with E-state index in [1.165, 1.54) is 24.3 Å². The van der Waals surface area contributed by atoms with E-state index in [1.54, 1.807) is 0 Å². The van der Waals surface area contributed by atoms with Crippen LogP contribution in [0.2, 0.25) is 0 Å². The number of rotatable bonds is 10. The summed E-state index contributed by atoms with van der Waals surface area (Å²) in [6.07, 6.45) is -0.799. The number of nitrogens with one attached hydrogen (secondary N) is 2. The van der Waals surface area contributed by atoms with Gasteiger partial charge in [-0.05, 0) is 25.0 Å². The first-order valence-electron chi connectivity index (χ1n) is 9.42. The number of aliphatic hydroxyl groups is 1. The van der Waals surface area contributed by atoms with Crippen molar-refractivity contribution >= 4 is 11.6 Å². The molecule has 0 bridgehead atoms. The normalized spacial score (nSPS) is 12.7. The van der Waals surface area contributed by atoms with E-state index in [4.69, 9.17) is 9.26 Å². The number of aliphatic hydroxyl groups excluding tert-OH is 1. The van der Waals surface area contributed by atoms with Gasteiger partial charge in [-0.2, -0.15) is 0 Å². The predicted octanol–water partition coefficient (Wildman–Crippen LogP) is 2.20. The Balaban J connectivity index is 1.81. The SMILES string of the molecule is CCNC(=NCc1cc(C(C)C)no1)NCC(O)COc1ccc([N+](=O)[O-])cc1. The molecule has 0 aliphatic rings. The molecule has 1 heterocycles. The Morgan fingerprint density at radius 2 is 2.07 bits per heavy atom. The zero-order chi connectivity index (χ0) is 21.2. The van der Waals surface area contributed by atoms with Crippen LogP contribution in [0.25, 0.3) is 0 Å². The van der Waals surface area contributed by atoms with Crippen molar-refractivity contribution < 1.29 is 19.3 Å². The van der Waals surface area contributed by atoms with Crippen molar-refractivity contribution in [1.29, 1.82) is 0 Å². The molecule has 1 atom stereocenters. The lowest BCUT2D eigenvalue weighted by Gasteiger charge is -2.15. The fraction of sp³-hybridized carbons (Fsp3) is 0.474. The second-order valence-corrected chi connectivity index (χ2v) is 6.66. The summed E-state index contributed by atoms with van der Waals surface area (Å²) in [7, 11) is 0. The fourth-order valence-corrected chi connectivity index (χ4v) is 2.30. The summed E-state index contributed by atoms with van der Waals surface area (Å²) in [6, 6.07) is 7.57. The molecule has 10 heteroatoms. The highest BCUT2D eigenvalue weighted by molar-refractivity contribution is 5.79. The molecule has 1 aromatic heterocycles. The minimum absolute atomic E-state index is 0.0154. The van der Waals surface area contributed by atoms with Gasteiger partial charge in [-0.25, -0.2) is 4.99 Å². The number of aliphatic imine (C=N–C) groups is 1. The lowest BCUT2D eigenvalue weighted by atomic mass is 10.1. The smallest absolute Gasteiger partial charge is 0.269 e. The van der Waals surface area contributed by atoms with Crippen molar-refractivity contribution in [1.82, 2.24) is 15.8 Å². The molecule has 0 aliphatic carbocycles. The highest BCUT2D eigenvalue weighted by Gasteiger charge is 2.10. The molecule has 29 heavy (non-hydrogen) atoms. The topological polar surface area (TPSA) is 135 Å². The number of hydrogen-bond acceptors (Lipinski definition) is 7. The van der Waals surface area contributed by atoms with Gasteiger partial charge in [0.05, 0.1) is 10.6 Å². The molecule has 1 aromatic carbocycles. The van der Waals surface area contributed by atoms with E-state index < -0.39 is 11.0 Å². The molecule has 0 aliphatic heterocycles. The Morgan fingerprint density at radius 3 is 2.66 bits per heavy atom. The van der Waals surface area contributed by atoms with Crippen LogP contribution >= 0.6 is 0 Å². The van der Waals surface area contributed by atoms with Crippen molar-refractivity contribution in [3.8, 4) is 5.75 Å². The van der Waals surface area contributed by atoms with Crippen LogP contribution in [-0.2, 0) is 6.54 Å². The number of hydrogen-bond donors (Lipinski definition) is 3. The van der Waals surface area contributed by atoms with Gasteiger partial charge in [-0.1, -0.05) is 19.0 Å². The summed E-state index contributed by atoms with van der Waals surface area (Å²) in [5.41, 5.74) is 0.866. The van der Waals surface area contributed by atoms with Crippen LogP contribution in [0.1, 0.15) is 38.1 Å².